The van der Waals surface area contributed by atoms with Crippen LogP contribution < -0.4 is 15.5 Å². The lowest BCUT2D eigenvalue weighted by Gasteiger charge is -2.28. The minimum atomic E-state index is -0.422. The molecule has 0 saturated carbocycles. The number of ether oxygens (including phenoxy) is 2. The highest BCUT2D eigenvalue weighted by atomic mass is 16.5. The fourth-order valence-electron chi connectivity index (χ4n) is 5.10. The SMILES string of the molecule is CC(C)NCCOC(=O)Cn1nnc2c1-c1ccccc1CN(C(=O)CCC(=O)NCCOCCC(=O)C(C)C)c1ccccc1-2. The van der Waals surface area contributed by atoms with Crippen molar-refractivity contribution < 1.29 is 28.7 Å². The number of carbonyl (C=O) groups is 4. The van der Waals surface area contributed by atoms with Crippen molar-refractivity contribution in [2.75, 3.05) is 37.8 Å². The molecule has 0 fully saturated rings. The van der Waals surface area contributed by atoms with E-state index in [9.17, 15) is 19.2 Å². The van der Waals surface area contributed by atoms with E-state index in [0.29, 0.717) is 48.8 Å². The number of benzene rings is 2. The quantitative estimate of drug-likeness (QED) is 0.179. The lowest BCUT2D eigenvalue weighted by molar-refractivity contribution is -0.144. The number of rotatable bonds is 16. The minimum Gasteiger partial charge on any atom is -0.463 e. The summed E-state index contributed by atoms with van der Waals surface area (Å²) in [6.45, 7) is 9.60. The molecule has 0 atom stereocenters. The molecule has 0 bridgehead atoms. The summed E-state index contributed by atoms with van der Waals surface area (Å²) in [7, 11) is 0. The first-order valence-corrected chi connectivity index (χ1v) is 15.8. The van der Waals surface area contributed by atoms with Gasteiger partial charge in [-0.3, -0.25) is 19.2 Å². The van der Waals surface area contributed by atoms with Crippen molar-refractivity contribution in [1.29, 1.82) is 0 Å². The van der Waals surface area contributed by atoms with Gasteiger partial charge in [-0.15, -0.1) is 5.10 Å². The van der Waals surface area contributed by atoms with Crippen LogP contribution in [0.1, 0.15) is 52.5 Å². The van der Waals surface area contributed by atoms with Gasteiger partial charge in [-0.05, 0) is 11.6 Å². The van der Waals surface area contributed by atoms with Crippen LogP contribution in [0.4, 0.5) is 5.69 Å². The average Bonchev–Trinajstić information content (AvgIpc) is 3.43. The zero-order valence-corrected chi connectivity index (χ0v) is 27.1. The highest BCUT2D eigenvalue weighted by Gasteiger charge is 2.29. The van der Waals surface area contributed by atoms with Crippen LogP contribution in [-0.2, 0) is 41.7 Å². The minimum absolute atomic E-state index is 0.00311. The Labute approximate surface area is 269 Å². The molecule has 2 heterocycles. The van der Waals surface area contributed by atoms with Gasteiger partial charge in [-0.2, -0.15) is 0 Å². The van der Waals surface area contributed by atoms with Crippen molar-refractivity contribution in [2.45, 2.75) is 66.1 Å². The van der Waals surface area contributed by atoms with Crippen molar-refractivity contribution >= 4 is 29.3 Å². The van der Waals surface area contributed by atoms with Gasteiger partial charge in [0.25, 0.3) is 0 Å². The van der Waals surface area contributed by atoms with Gasteiger partial charge in [-0.1, -0.05) is 75.4 Å². The number of anilines is 1. The van der Waals surface area contributed by atoms with E-state index in [1.54, 1.807) is 9.58 Å². The molecule has 0 saturated heterocycles. The summed E-state index contributed by atoms with van der Waals surface area (Å²) in [5, 5.41) is 14.8. The van der Waals surface area contributed by atoms with Crippen molar-refractivity contribution in [3.8, 4) is 22.5 Å². The number of nitrogens with zero attached hydrogens (tertiary/aromatic N) is 4. The standard InChI is InChI=1S/C34H44N6O6/c1-23(2)29(41)15-18-45-19-16-36-30(42)13-14-31(43)39-21-25-9-5-6-10-26(25)34-33(27-11-7-8-12-28(27)39)37-38-40(34)22-32(44)46-20-17-35-24(3)4/h5-12,23-24,35H,13-22H2,1-4H3,(H,36,42). The van der Waals surface area contributed by atoms with Gasteiger partial charge in [0.1, 0.15) is 24.6 Å². The molecule has 1 aliphatic rings. The first-order valence-electron chi connectivity index (χ1n) is 15.8. The number of hydrogen-bond acceptors (Lipinski definition) is 9. The summed E-state index contributed by atoms with van der Waals surface area (Å²) in [5.41, 5.74) is 4.20. The van der Waals surface area contributed by atoms with Crippen molar-refractivity contribution in [3.63, 3.8) is 0 Å². The number of amides is 2. The molecule has 1 aliphatic heterocycles. The van der Waals surface area contributed by atoms with E-state index in [2.05, 4.69) is 20.9 Å². The Morgan fingerprint density at radius 3 is 2.37 bits per heavy atom. The van der Waals surface area contributed by atoms with Gasteiger partial charge < -0.3 is 25.0 Å². The predicted molar refractivity (Wildman–Crippen MR) is 174 cm³/mol. The van der Waals surface area contributed by atoms with Gasteiger partial charge in [0, 0.05) is 55.4 Å². The Bertz CT molecular complexity index is 1520. The number of esters is 1. The Morgan fingerprint density at radius 2 is 1.61 bits per heavy atom. The first kappa shape index (κ1) is 34.5. The zero-order valence-electron chi connectivity index (χ0n) is 27.1. The lowest BCUT2D eigenvalue weighted by atomic mass is 9.95. The molecule has 0 spiro atoms. The molecular weight excluding hydrogens is 588 g/mol. The summed E-state index contributed by atoms with van der Waals surface area (Å²) >= 11 is 0. The van der Waals surface area contributed by atoms with Crippen LogP contribution in [0.25, 0.3) is 22.5 Å². The Morgan fingerprint density at radius 1 is 0.870 bits per heavy atom. The topological polar surface area (TPSA) is 145 Å². The van der Waals surface area contributed by atoms with Crippen LogP contribution >= 0.6 is 0 Å². The van der Waals surface area contributed by atoms with Crippen LogP contribution in [0.15, 0.2) is 48.5 Å². The van der Waals surface area contributed by atoms with Crippen LogP contribution in [0.5, 0.6) is 0 Å². The number of fused-ring (bicyclic) bond motifs is 5. The highest BCUT2D eigenvalue weighted by Crippen LogP contribution is 2.41. The van der Waals surface area contributed by atoms with E-state index < -0.39 is 5.97 Å². The summed E-state index contributed by atoms with van der Waals surface area (Å²) in [6, 6.07) is 15.4. The Kier molecular flexibility index (Phi) is 12.6. The summed E-state index contributed by atoms with van der Waals surface area (Å²) in [5.74, 6) is -0.774. The van der Waals surface area contributed by atoms with E-state index in [1.807, 2.05) is 76.2 Å². The number of hydrogen-bond donors (Lipinski definition) is 2. The second-order valence-electron chi connectivity index (χ2n) is 11.8. The summed E-state index contributed by atoms with van der Waals surface area (Å²) in [4.78, 5) is 52.3. The number of para-hydroxylation sites is 1. The number of nitrogens with one attached hydrogen (secondary N) is 2. The Hall–Kier alpha value is -4.42. The van der Waals surface area contributed by atoms with E-state index >= 15 is 0 Å². The number of aromatic nitrogens is 3. The molecule has 246 valence electrons. The number of ketones is 1. The van der Waals surface area contributed by atoms with Gasteiger partial charge in [-0.25, -0.2) is 4.68 Å². The normalized spacial score (nSPS) is 12.2. The molecule has 1 aromatic heterocycles. The second kappa shape index (κ2) is 16.8. The molecule has 12 heteroatoms. The van der Waals surface area contributed by atoms with Gasteiger partial charge in [0.15, 0.2) is 0 Å². The second-order valence-corrected chi connectivity index (χ2v) is 11.8. The fraction of sp³-hybridized carbons (Fsp3) is 0.471. The van der Waals surface area contributed by atoms with E-state index in [-0.39, 0.29) is 68.7 Å². The monoisotopic (exact) mass is 632 g/mol. The van der Waals surface area contributed by atoms with Crippen LogP contribution in [0.2, 0.25) is 0 Å². The van der Waals surface area contributed by atoms with Crippen molar-refractivity contribution in [2.24, 2.45) is 5.92 Å². The van der Waals surface area contributed by atoms with Crippen LogP contribution in [0, 0.1) is 5.92 Å². The first-order chi connectivity index (χ1) is 22.2. The molecule has 12 nitrogen and oxygen atoms in total. The third-order valence-corrected chi connectivity index (χ3v) is 7.55. The third-order valence-electron chi connectivity index (χ3n) is 7.55. The van der Waals surface area contributed by atoms with Crippen molar-refractivity contribution in [1.82, 2.24) is 25.6 Å². The lowest BCUT2D eigenvalue weighted by Crippen LogP contribution is -2.34. The number of Topliss-reactive ketones (excluding diaryl/α,β-unsaturated/α-hetero) is 1. The zero-order chi connectivity index (χ0) is 33.1. The molecule has 0 unspecified atom stereocenters. The highest BCUT2D eigenvalue weighted by molar-refractivity contribution is 6.01. The smallest absolute Gasteiger partial charge is 0.327 e. The molecule has 2 N–H and O–H groups in total. The number of carbonyl (C=O) groups excluding carboxylic acids is 4. The predicted octanol–water partition coefficient (Wildman–Crippen LogP) is 3.53. The Balaban J connectivity index is 1.45. The maximum absolute atomic E-state index is 13.7. The third kappa shape index (κ3) is 9.30. The van der Waals surface area contributed by atoms with Crippen LogP contribution in [-0.4, -0.2) is 77.5 Å². The molecule has 2 aromatic carbocycles. The molecule has 0 aliphatic carbocycles. The molecular formula is C34H44N6O6. The maximum Gasteiger partial charge on any atom is 0.327 e. The summed E-state index contributed by atoms with van der Waals surface area (Å²) < 4.78 is 12.4. The maximum atomic E-state index is 13.7. The van der Waals surface area contributed by atoms with E-state index in [0.717, 1.165) is 11.1 Å². The van der Waals surface area contributed by atoms with E-state index in [4.69, 9.17) is 9.47 Å². The average molecular weight is 633 g/mol. The van der Waals surface area contributed by atoms with Gasteiger partial charge >= 0.3 is 5.97 Å². The van der Waals surface area contributed by atoms with Crippen LogP contribution in [0.3, 0.4) is 0 Å². The molecule has 3 aromatic rings. The largest absolute Gasteiger partial charge is 0.463 e. The van der Waals surface area contributed by atoms with Crippen molar-refractivity contribution in [3.05, 3.63) is 54.1 Å². The summed E-state index contributed by atoms with van der Waals surface area (Å²) in [6.07, 6.45) is 0.367. The van der Waals surface area contributed by atoms with E-state index in [1.165, 1.54) is 0 Å². The molecule has 0 radical (unpaired) electrons. The van der Waals surface area contributed by atoms with Gasteiger partial charge in [0.05, 0.1) is 31.1 Å². The molecule has 2 amide bonds. The van der Waals surface area contributed by atoms with Gasteiger partial charge in [0.2, 0.25) is 11.8 Å². The fourth-order valence-corrected chi connectivity index (χ4v) is 5.10. The molecule has 46 heavy (non-hydrogen) atoms. The molecule has 4 rings (SSSR count).